The molecule has 20 heavy (non-hydrogen) atoms. The van der Waals surface area contributed by atoms with Crippen LogP contribution in [0.25, 0.3) is 0 Å². The first-order valence-corrected chi connectivity index (χ1v) is 7.83. The zero-order chi connectivity index (χ0) is 14.8. The number of benzene rings is 1. The molecule has 1 aliphatic carbocycles. The van der Waals surface area contributed by atoms with Crippen molar-refractivity contribution in [3.05, 3.63) is 28.2 Å². The van der Waals surface area contributed by atoms with E-state index in [1.807, 2.05) is 25.1 Å². The molecule has 1 atom stereocenters. The Balaban J connectivity index is 1.81. The van der Waals surface area contributed by atoms with Crippen molar-refractivity contribution in [1.29, 1.82) is 0 Å². The van der Waals surface area contributed by atoms with Gasteiger partial charge in [0, 0.05) is 6.04 Å². The summed E-state index contributed by atoms with van der Waals surface area (Å²) >= 11 is 3.44. The van der Waals surface area contributed by atoms with Crippen molar-refractivity contribution in [3.8, 4) is 5.75 Å². The minimum atomic E-state index is -0.0415. The number of halogens is 1. The van der Waals surface area contributed by atoms with E-state index in [0.29, 0.717) is 17.2 Å². The number of ether oxygens (including phenoxy) is 1. The van der Waals surface area contributed by atoms with E-state index in [1.54, 1.807) is 0 Å². The summed E-state index contributed by atoms with van der Waals surface area (Å²) in [6.07, 6.45) is 3.28. The molecule has 110 valence electrons. The average molecular weight is 340 g/mol. The Kier molecular flexibility index (Phi) is 4.74. The predicted octanol–water partition coefficient (Wildman–Crippen LogP) is 3.83. The summed E-state index contributed by atoms with van der Waals surface area (Å²) in [5, 5.41) is 3.06. The van der Waals surface area contributed by atoms with E-state index in [1.165, 1.54) is 6.42 Å². The van der Waals surface area contributed by atoms with Crippen LogP contribution >= 0.6 is 15.9 Å². The van der Waals surface area contributed by atoms with Crippen molar-refractivity contribution in [2.24, 2.45) is 5.41 Å². The number of nitrogens with one attached hydrogen (secondary N) is 1. The lowest BCUT2D eigenvalue weighted by Crippen LogP contribution is -2.36. The van der Waals surface area contributed by atoms with Gasteiger partial charge in [-0.15, -0.1) is 0 Å². The Morgan fingerprint density at radius 1 is 1.50 bits per heavy atom. The van der Waals surface area contributed by atoms with Gasteiger partial charge in [-0.25, -0.2) is 0 Å². The minimum absolute atomic E-state index is 0.0415. The van der Waals surface area contributed by atoms with Gasteiger partial charge in [-0.05, 0) is 65.2 Å². The second-order valence-electron chi connectivity index (χ2n) is 6.39. The van der Waals surface area contributed by atoms with Crippen LogP contribution in [0, 0.1) is 12.3 Å². The molecule has 1 unspecified atom stereocenters. The third kappa shape index (κ3) is 4.23. The molecule has 0 aliphatic heterocycles. The normalized spacial score (nSPS) is 20.7. The summed E-state index contributed by atoms with van der Waals surface area (Å²) < 4.78 is 6.44. The van der Waals surface area contributed by atoms with E-state index in [0.717, 1.165) is 22.9 Å². The predicted molar refractivity (Wildman–Crippen MR) is 83.9 cm³/mol. The molecule has 4 heteroatoms. The number of amides is 1. The summed E-state index contributed by atoms with van der Waals surface area (Å²) in [5.41, 5.74) is 1.50. The fraction of sp³-hybridized carbons (Fsp3) is 0.562. The largest absolute Gasteiger partial charge is 0.483 e. The van der Waals surface area contributed by atoms with E-state index in [-0.39, 0.29) is 12.5 Å². The number of carbonyl (C=O) groups is 1. The quantitative estimate of drug-likeness (QED) is 0.905. The van der Waals surface area contributed by atoms with Gasteiger partial charge in [0.2, 0.25) is 0 Å². The highest BCUT2D eigenvalue weighted by atomic mass is 79.9. The molecule has 1 aliphatic rings. The lowest BCUT2D eigenvalue weighted by atomic mass is 9.92. The van der Waals surface area contributed by atoms with Crippen LogP contribution in [0.4, 0.5) is 0 Å². The third-order valence-electron chi connectivity index (χ3n) is 3.78. The number of carbonyl (C=O) groups excluding carboxylic acids is 1. The first-order valence-electron chi connectivity index (χ1n) is 7.04. The molecule has 2 rings (SSSR count). The molecule has 1 N–H and O–H groups in total. The van der Waals surface area contributed by atoms with Crippen LogP contribution in [0.3, 0.4) is 0 Å². The molecule has 1 amide bonds. The molecule has 0 bridgehead atoms. The maximum Gasteiger partial charge on any atom is 0.258 e. The van der Waals surface area contributed by atoms with Crippen molar-refractivity contribution in [1.82, 2.24) is 5.32 Å². The van der Waals surface area contributed by atoms with Crippen LogP contribution in [0.5, 0.6) is 5.75 Å². The Hall–Kier alpha value is -1.03. The maximum atomic E-state index is 11.9. The van der Waals surface area contributed by atoms with E-state index in [2.05, 4.69) is 35.1 Å². The topological polar surface area (TPSA) is 38.3 Å². The number of hydrogen-bond acceptors (Lipinski definition) is 2. The lowest BCUT2D eigenvalue weighted by Gasteiger charge is -2.18. The standard InChI is InChI=1S/C16H22BrNO2/c1-11-4-5-14(13(17)8-11)20-10-15(19)18-12-6-7-16(2,3)9-12/h4-5,8,12H,6-7,9-10H2,1-3H3,(H,18,19). The second kappa shape index (κ2) is 6.17. The fourth-order valence-corrected chi connectivity index (χ4v) is 3.30. The smallest absolute Gasteiger partial charge is 0.258 e. The molecule has 0 radical (unpaired) electrons. The highest BCUT2D eigenvalue weighted by Gasteiger charge is 2.31. The molecule has 1 aromatic rings. The van der Waals surface area contributed by atoms with E-state index < -0.39 is 0 Å². The summed E-state index contributed by atoms with van der Waals surface area (Å²) in [5.74, 6) is 0.665. The highest BCUT2D eigenvalue weighted by Crippen LogP contribution is 2.36. The molecule has 0 heterocycles. The summed E-state index contributed by atoms with van der Waals surface area (Å²) in [6, 6.07) is 6.12. The monoisotopic (exact) mass is 339 g/mol. The molecule has 0 aromatic heterocycles. The van der Waals surface area contributed by atoms with Gasteiger partial charge >= 0.3 is 0 Å². The van der Waals surface area contributed by atoms with Crippen LogP contribution < -0.4 is 10.1 Å². The number of rotatable bonds is 4. The van der Waals surface area contributed by atoms with Gasteiger partial charge < -0.3 is 10.1 Å². The van der Waals surface area contributed by atoms with E-state index in [9.17, 15) is 4.79 Å². The summed E-state index contributed by atoms with van der Waals surface area (Å²) in [6.45, 7) is 6.58. The molecule has 0 saturated heterocycles. The van der Waals surface area contributed by atoms with Crippen molar-refractivity contribution < 1.29 is 9.53 Å². The maximum absolute atomic E-state index is 11.9. The van der Waals surface area contributed by atoms with Crippen molar-refractivity contribution in [2.45, 2.75) is 46.1 Å². The van der Waals surface area contributed by atoms with Crippen LogP contribution in [0.15, 0.2) is 22.7 Å². The van der Waals surface area contributed by atoms with Crippen molar-refractivity contribution in [2.75, 3.05) is 6.61 Å². The zero-order valence-electron chi connectivity index (χ0n) is 12.3. The van der Waals surface area contributed by atoms with Gasteiger partial charge in [0.1, 0.15) is 5.75 Å². The molecular formula is C16H22BrNO2. The van der Waals surface area contributed by atoms with Gasteiger partial charge in [0.05, 0.1) is 4.47 Å². The van der Waals surface area contributed by atoms with Gasteiger partial charge in [0.15, 0.2) is 6.61 Å². The second-order valence-corrected chi connectivity index (χ2v) is 7.25. The van der Waals surface area contributed by atoms with Crippen LogP contribution in [0.2, 0.25) is 0 Å². The SMILES string of the molecule is Cc1ccc(OCC(=O)NC2CCC(C)(C)C2)c(Br)c1. The molecule has 1 fully saturated rings. The molecular weight excluding hydrogens is 318 g/mol. The van der Waals surface area contributed by atoms with Crippen LogP contribution in [-0.4, -0.2) is 18.6 Å². The Morgan fingerprint density at radius 2 is 2.25 bits per heavy atom. The number of hydrogen-bond donors (Lipinski definition) is 1. The van der Waals surface area contributed by atoms with Crippen LogP contribution in [0.1, 0.15) is 38.7 Å². The minimum Gasteiger partial charge on any atom is -0.483 e. The van der Waals surface area contributed by atoms with E-state index in [4.69, 9.17) is 4.74 Å². The van der Waals surface area contributed by atoms with Gasteiger partial charge in [-0.1, -0.05) is 19.9 Å². The Bertz CT molecular complexity index is 499. The molecule has 1 saturated carbocycles. The third-order valence-corrected chi connectivity index (χ3v) is 4.40. The van der Waals surface area contributed by atoms with Gasteiger partial charge in [-0.2, -0.15) is 0 Å². The van der Waals surface area contributed by atoms with Crippen LogP contribution in [-0.2, 0) is 4.79 Å². The Morgan fingerprint density at radius 3 is 2.85 bits per heavy atom. The number of aryl methyl sites for hydroxylation is 1. The molecule has 1 aromatic carbocycles. The average Bonchev–Trinajstić information content (AvgIpc) is 2.67. The summed E-state index contributed by atoms with van der Waals surface area (Å²) in [7, 11) is 0. The zero-order valence-corrected chi connectivity index (χ0v) is 13.9. The van der Waals surface area contributed by atoms with Crippen molar-refractivity contribution >= 4 is 21.8 Å². The van der Waals surface area contributed by atoms with Gasteiger partial charge in [-0.3, -0.25) is 4.79 Å². The highest BCUT2D eigenvalue weighted by molar-refractivity contribution is 9.10. The first-order chi connectivity index (χ1) is 9.35. The fourth-order valence-electron chi connectivity index (χ4n) is 2.69. The Labute approximate surface area is 129 Å². The summed E-state index contributed by atoms with van der Waals surface area (Å²) in [4.78, 5) is 11.9. The van der Waals surface area contributed by atoms with Crippen molar-refractivity contribution in [3.63, 3.8) is 0 Å². The first kappa shape index (κ1) is 15.4. The molecule has 3 nitrogen and oxygen atoms in total. The van der Waals surface area contributed by atoms with E-state index >= 15 is 0 Å². The lowest BCUT2D eigenvalue weighted by molar-refractivity contribution is -0.123. The van der Waals surface area contributed by atoms with Gasteiger partial charge in [0.25, 0.3) is 5.91 Å². The molecule has 0 spiro atoms.